The average Bonchev–Trinajstić information content (AvgIpc) is 3.95. The predicted octanol–water partition coefficient (Wildman–Crippen LogP) is 6.75. The number of unbranched alkanes of at least 4 members (excludes halogenated alkanes) is 1. The number of nitrogens with zero attached hydrogens (tertiary/aromatic N) is 3. The Morgan fingerprint density at radius 1 is 0.960 bits per heavy atom. The number of anilines is 1. The molecule has 266 valence electrons. The van der Waals surface area contributed by atoms with Crippen LogP contribution in [0.1, 0.15) is 92.0 Å². The number of carbonyl (C=O) groups is 3. The zero-order chi connectivity index (χ0) is 35.5. The third-order valence-electron chi connectivity index (χ3n) is 9.43. The summed E-state index contributed by atoms with van der Waals surface area (Å²) in [6, 6.07) is 13.7. The molecule has 0 unspecified atom stereocenters. The first-order valence-corrected chi connectivity index (χ1v) is 17.3. The van der Waals surface area contributed by atoms with E-state index in [1.165, 1.54) is 0 Å². The van der Waals surface area contributed by atoms with Crippen molar-refractivity contribution in [1.29, 1.82) is 0 Å². The fraction of sp³-hybridized carbons (Fsp3) is 0.500. The second-order valence-corrected chi connectivity index (χ2v) is 13.8. The van der Waals surface area contributed by atoms with Crippen LogP contribution in [0.15, 0.2) is 48.5 Å². The molecule has 0 saturated heterocycles. The topological polar surface area (TPSA) is 132 Å². The van der Waals surface area contributed by atoms with Crippen molar-refractivity contribution in [1.82, 2.24) is 20.3 Å². The number of alkyl halides is 3. The molecule has 3 aromatic rings. The largest absolute Gasteiger partial charge is 0.464 e. The summed E-state index contributed by atoms with van der Waals surface area (Å²) in [7, 11) is 0. The van der Waals surface area contributed by atoms with E-state index in [0.29, 0.717) is 35.8 Å². The normalized spacial score (nSPS) is 20.5. The first-order valence-electron chi connectivity index (χ1n) is 17.0. The number of carbonyl (C=O) groups excluding carboxylic acids is 3. The van der Waals surface area contributed by atoms with Crippen molar-refractivity contribution in [2.45, 2.75) is 88.4 Å². The van der Waals surface area contributed by atoms with Gasteiger partial charge < -0.3 is 20.1 Å². The Labute approximate surface area is 292 Å². The number of Topliss-reactive ketones (excluding diaryl/α,β-unsaturated/α-hetero) is 1. The Morgan fingerprint density at radius 3 is 2.30 bits per heavy atom. The van der Waals surface area contributed by atoms with Crippen molar-refractivity contribution in [3.05, 3.63) is 76.1 Å². The van der Waals surface area contributed by atoms with E-state index < -0.39 is 29.9 Å². The van der Waals surface area contributed by atoms with Crippen molar-refractivity contribution in [3.63, 3.8) is 0 Å². The summed E-state index contributed by atoms with van der Waals surface area (Å²) >= 11 is 6.04. The third-order valence-corrected chi connectivity index (χ3v) is 9.68. The summed E-state index contributed by atoms with van der Waals surface area (Å²) in [5, 5.41) is 6.78. The highest BCUT2D eigenvalue weighted by atomic mass is 35.5. The molecule has 14 heteroatoms. The maximum Gasteiger partial charge on any atom is 0.422 e. The molecule has 3 aliphatic rings. The molecular formula is C36H39ClF3N5O5. The first-order chi connectivity index (χ1) is 23.9. The van der Waals surface area contributed by atoms with Gasteiger partial charge in [0.15, 0.2) is 12.4 Å². The van der Waals surface area contributed by atoms with E-state index in [4.69, 9.17) is 21.1 Å². The predicted molar refractivity (Wildman–Crippen MR) is 178 cm³/mol. The molecule has 50 heavy (non-hydrogen) atoms. The third kappa shape index (κ3) is 8.90. The van der Waals surface area contributed by atoms with E-state index in [1.54, 1.807) is 43.3 Å². The Kier molecular flexibility index (Phi) is 10.3. The second kappa shape index (κ2) is 14.5. The molecule has 0 bridgehead atoms. The Bertz CT molecular complexity index is 1710. The molecule has 3 fully saturated rings. The lowest BCUT2D eigenvalue weighted by atomic mass is 10.0. The summed E-state index contributed by atoms with van der Waals surface area (Å²) < 4.78 is 48.9. The highest BCUT2D eigenvalue weighted by Crippen LogP contribution is 2.57. The molecule has 3 aliphatic carbocycles. The molecule has 1 aromatic heterocycles. The van der Waals surface area contributed by atoms with Crippen LogP contribution in [0.3, 0.4) is 0 Å². The lowest BCUT2D eigenvalue weighted by molar-refractivity contribution is -0.154. The number of ketones is 1. The maximum absolute atomic E-state index is 12.9. The molecule has 0 radical (unpaired) electrons. The number of hydrogen-bond donors (Lipinski definition) is 2. The Morgan fingerprint density at radius 2 is 1.66 bits per heavy atom. The van der Waals surface area contributed by atoms with Crippen LogP contribution in [0.4, 0.5) is 19.1 Å². The maximum atomic E-state index is 12.9. The SMILES string of the molecule is CCOC(=O)[C@@]1(NC(=O)CCCCC(=O)c2ccc(Cc3nc(NC4(c5ccc(Cl)cc5)CC4)nc(OCC(F)(F)F)n3)cc2)C[C@H]1C1CC1. The van der Waals surface area contributed by atoms with Gasteiger partial charge >= 0.3 is 18.2 Å². The molecule has 10 nitrogen and oxygen atoms in total. The second-order valence-electron chi connectivity index (χ2n) is 13.4. The van der Waals surface area contributed by atoms with E-state index in [-0.39, 0.29) is 61.2 Å². The Balaban J connectivity index is 1.02. The molecule has 2 N–H and O–H groups in total. The van der Waals surface area contributed by atoms with Gasteiger partial charge in [-0.3, -0.25) is 9.59 Å². The highest BCUT2D eigenvalue weighted by Gasteiger charge is 2.66. The summed E-state index contributed by atoms with van der Waals surface area (Å²) in [6.07, 6.45) is 1.37. The summed E-state index contributed by atoms with van der Waals surface area (Å²) in [5.41, 5.74) is 0.816. The minimum atomic E-state index is -4.57. The van der Waals surface area contributed by atoms with Crippen molar-refractivity contribution < 1.29 is 37.0 Å². The zero-order valence-corrected chi connectivity index (χ0v) is 28.4. The van der Waals surface area contributed by atoms with Gasteiger partial charge in [-0.15, -0.1) is 0 Å². The highest BCUT2D eigenvalue weighted by molar-refractivity contribution is 6.30. The first kappa shape index (κ1) is 35.6. The van der Waals surface area contributed by atoms with E-state index >= 15 is 0 Å². The fourth-order valence-electron chi connectivity index (χ4n) is 6.40. The monoisotopic (exact) mass is 713 g/mol. The summed E-state index contributed by atoms with van der Waals surface area (Å²) in [5.74, 6) is 0.276. The number of amides is 1. The van der Waals surface area contributed by atoms with E-state index in [2.05, 4.69) is 25.6 Å². The van der Waals surface area contributed by atoms with Gasteiger partial charge in [0.1, 0.15) is 11.4 Å². The molecule has 0 spiro atoms. The number of nitrogens with one attached hydrogen (secondary N) is 2. The van der Waals surface area contributed by atoms with Crippen molar-refractivity contribution in [2.24, 2.45) is 11.8 Å². The van der Waals surface area contributed by atoms with Crippen LogP contribution >= 0.6 is 11.6 Å². The number of halogens is 4. The minimum Gasteiger partial charge on any atom is -0.464 e. The van der Waals surface area contributed by atoms with E-state index in [0.717, 1.165) is 36.8 Å². The lowest BCUT2D eigenvalue weighted by Crippen LogP contribution is -2.46. The van der Waals surface area contributed by atoms with Gasteiger partial charge in [-0.25, -0.2) is 4.79 Å². The molecule has 3 saturated carbocycles. The van der Waals surface area contributed by atoms with Crippen molar-refractivity contribution in [3.8, 4) is 6.01 Å². The summed E-state index contributed by atoms with van der Waals surface area (Å²) in [6.45, 7) is 0.467. The van der Waals surface area contributed by atoms with Gasteiger partial charge in [0, 0.05) is 29.8 Å². The number of esters is 1. The van der Waals surface area contributed by atoms with Crippen LogP contribution in [0.2, 0.25) is 5.02 Å². The number of hydrogen-bond acceptors (Lipinski definition) is 9. The van der Waals surface area contributed by atoms with Gasteiger partial charge in [0.2, 0.25) is 11.9 Å². The van der Waals surface area contributed by atoms with Gasteiger partial charge in [-0.1, -0.05) is 48.0 Å². The van der Waals surface area contributed by atoms with Crippen LogP contribution in [0.5, 0.6) is 6.01 Å². The molecule has 1 amide bonds. The van der Waals surface area contributed by atoms with Crippen LogP contribution in [-0.4, -0.2) is 57.5 Å². The molecule has 0 aliphatic heterocycles. The van der Waals surface area contributed by atoms with Crippen LogP contribution in [-0.2, 0) is 26.3 Å². The van der Waals surface area contributed by atoms with Crippen LogP contribution in [0.25, 0.3) is 0 Å². The van der Waals surface area contributed by atoms with Gasteiger partial charge in [0.05, 0.1) is 12.1 Å². The van der Waals surface area contributed by atoms with E-state index in [1.807, 2.05) is 12.1 Å². The molecule has 1 heterocycles. The van der Waals surface area contributed by atoms with E-state index in [9.17, 15) is 27.6 Å². The van der Waals surface area contributed by atoms with Crippen LogP contribution in [0, 0.1) is 11.8 Å². The number of benzene rings is 2. The smallest absolute Gasteiger partial charge is 0.422 e. The van der Waals surface area contributed by atoms with Crippen molar-refractivity contribution >= 4 is 35.2 Å². The van der Waals surface area contributed by atoms with Crippen molar-refractivity contribution in [2.75, 3.05) is 18.5 Å². The number of ether oxygens (including phenoxy) is 2. The molecule has 6 rings (SSSR count). The number of rotatable bonds is 17. The number of aromatic nitrogens is 3. The van der Waals surface area contributed by atoms with Crippen LogP contribution < -0.4 is 15.4 Å². The molecular weight excluding hydrogens is 675 g/mol. The van der Waals surface area contributed by atoms with Gasteiger partial charge in [-0.2, -0.15) is 28.1 Å². The quantitative estimate of drug-likeness (QED) is 0.0886. The fourth-order valence-corrected chi connectivity index (χ4v) is 6.53. The standard InChI is InChI=1S/C36H39ClF3N5O5/c1-2-49-31(48)35(20-27(35)23-11-12-23)44-30(47)6-4-3-5-28(46)24-9-7-22(8-10-24)19-29-41-32(43-33(42-29)50-21-36(38,39)40)45-34(17-18-34)25-13-15-26(37)16-14-25/h7-10,13-16,23,27H,2-6,11-12,17-21H2,1H3,(H,44,47)(H,41,42,43,45)/t27-,35+/m0/s1. The molecule has 2 aromatic carbocycles. The Hall–Kier alpha value is -4.26. The van der Waals surface area contributed by atoms with Gasteiger partial charge in [-0.05, 0) is 87.0 Å². The lowest BCUT2D eigenvalue weighted by Gasteiger charge is -2.19. The van der Waals surface area contributed by atoms with Gasteiger partial charge in [0.25, 0.3) is 0 Å². The zero-order valence-electron chi connectivity index (χ0n) is 27.7. The average molecular weight is 714 g/mol. The summed E-state index contributed by atoms with van der Waals surface area (Å²) in [4.78, 5) is 50.8. The molecule has 2 atom stereocenters. The minimum absolute atomic E-state index is 0.0812.